The molecule has 4 rings (SSSR count). The third kappa shape index (κ3) is 2.77. The van der Waals surface area contributed by atoms with Crippen molar-refractivity contribution >= 4 is 28.3 Å². The minimum absolute atomic E-state index is 0.0295. The highest BCUT2D eigenvalue weighted by molar-refractivity contribution is 6.31. The molecule has 0 saturated heterocycles. The van der Waals surface area contributed by atoms with Gasteiger partial charge in [-0.2, -0.15) is 5.26 Å². The predicted octanol–water partition coefficient (Wildman–Crippen LogP) is 4.32. The first-order valence-electron chi connectivity index (χ1n) is 8.82. The lowest BCUT2D eigenvalue weighted by Gasteiger charge is -2.31. The zero-order chi connectivity index (χ0) is 19.3. The first-order chi connectivity index (χ1) is 12.9. The number of rotatable bonds is 1. The lowest BCUT2D eigenvalue weighted by molar-refractivity contribution is -0.116. The molecule has 6 heteroatoms. The minimum Gasteiger partial charge on any atom is -0.444 e. The van der Waals surface area contributed by atoms with Crippen molar-refractivity contribution in [2.45, 2.75) is 39.0 Å². The molecule has 0 bridgehead atoms. The van der Waals surface area contributed by atoms with Crippen LogP contribution in [0, 0.1) is 25.2 Å². The van der Waals surface area contributed by atoms with Crippen LogP contribution in [0.1, 0.15) is 41.9 Å². The second kappa shape index (κ2) is 6.40. The number of fused-ring (bicyclic) bond motifs is 1. The number of carbonyl (C=O) groups excluding carboxylic acids is 1. The summed E-state index contributed by atoms with van der Waals surface area (Å²) in [5.41, 5.74) is 10.2. The monoisotopic (exact) mass is 379 g/mol. The van der Waals surface area contributed by atoms with Crippen molar-refractivity contribution in [1.82, 2.24) is 4.98 Å². The standard InChI is InChI=1S/C21H18ClN3O2/c1-10-6-11(2)19-12(7-10)8-13(20(22)25-19)17-14(9-23)21(24)27-16-5-3-4-15(26)18(16)17/h6-8,17H,3-5,24H2,1-2H3. The minimum atomic E-state index is -0.642. The first-order valence-corrected chi connectivity index (χ1v) is 9.19. The summed E-state index contributed by atoms with van der Waals surface area (Å²) >= 11 is 6.54. The van der Waals surface area contributed by atoms with Gasteiger partial charge in [0.15, 0.2) is 5.78 Å². The molecule has 0 radical (unpaired) electrons. The van der Waals surface area contributed by atoms with Gasteiger partial charge >= 0.3 is 0 Å². The number of pyridine rings is 1. The number of hydrogen-bond donors (Lipinski definition) is 1. The van der Waals surface area contributed by atoms with Crippen LogP contribution in [0.5, 0.6) is 0 Å². The average molecular weight is 380 g/mol. The number of nitrogens with zero attached hydrogens (tertiary/aromatic N) is 2. The molecule has 2 N–H and O–H groups in total. The Bertz CT molecular complexity index is 1110. The van der Waals surface area contributed by atoms with Gasteiger partial charge in [0.05, 0.1) is 11.4 Å². The Morgan fingerprint density at radius 3 is 2.81 bits per heavy atom. The topological polar surface area (TPSA) is 89.0 Å². The molecule has 1 aromatic heterocycles. The molecule has 27 heavy (non-hydrogen) atoms. The van der Waals surface area contributed by atoms with Gasteiger partial charge in [-0.1, -0.05) is 23.2 Å². The van der Waals surface area contributed by atoms with Crippen LogP contribution in [0.25, 0.3) is 10.9 Å². The van der Waals surface area contributed by atoms with E-state index in [0.717, 1.165) is 22.0 Å². The summed E-state index contributed by atoms with van der Waals surface area (Å²) < 4.78 is 5.61. The Labute approximate surface area is 162 Å². The molecule has 0 saturated carbocycles. The number of nitrogens with two attached hydrogens (primary N) is 1. The first kappa shape index (κ1) is 17.6. The molecule has 1 aromatic carbocycles. The Morgan fingerprint density at radius 2 is 2.07 bits per heavy atom. The number of allylic oxidation sites excluding steroid dienone is 3. The van der Waals surface area contributed by atoms with Gasteiger partial charge in [-0.05, 0) is 38.0 Å². The number of ketones is 1. The number of Topliss-reactive ketones (excluding diaryl/α,β-unsaturated/α-hetero) is 1. The van der Waals surface area contributed by atoms with Crippen molar-refractivity contribution in [2.75, 3.05) is 0 Å². The summed E-state index contributed by atoms with van der Waals surface area (Å²) in [5, 5.41) is 10.9. The maximum Gasteiger partial charge on any atom is 0.205 e. The van der Waals surface area contributed by atoms with Crippen molar-refractivity contribution in [3.8, 4) is 6.07 Å². The predicted molar refractivity (Wildman–Crippen MR) is 103 cm³/mol. The number of benzene rings is 1. The molecule has 0 spiro atoms. The molecular formula is C21H18ClN3O2. The summed E-state index contributed by atoms with van der Waals surface area (Å²) in [6.45, 7) is 4.00. The van der Waals surface area contributed by atoms with Crippen LogP contribution in [-0.2, 0) is 9.53 Å². The average Bonchev–Trinajstić information content (AvgIpc) is 2.61. The van der Waals surface area contributed by atoms with Gasteiger partial charge in [0.1, 0.15) is 22.6 Å². The maximum absolute atomic E-state index is 12.7. The molecule has 1 aliphatic carbocycles. The van der Waals surface area contributed by atoms with Crippen molar-refractivity contribution in [3.05, 3.63) is 62.8 Å². The Morgan fingerprint density at radius 1 is 1.30 bits per heavy atom. The van der Waals surface area contributed by atoms with Crippen molar-refractivity contribution in [1.29, 1.82) is 5.26 Å². The molecule has 1 unspecified atom stereocenters. The van der Waals surface area contributed by atoms with Gasteiger partial charge in [0.2, 0.25) is 5.88 Å². The summed E-state index contributed by atoms with van der Waals surface area (Å²) in [6, 6.07) is 8.09. The van der Waals surface area contributed by atoms with E-state index in [-0.39, 0.29) is 22.4 Å². The van der Waals surface area contributed by atoms with Crippen LogP contribution >= 0.6 is 11.6 Å². The van der Waals surface area contributed by atoms with Gasteiger partial charge in [0.25, 0.3) is 0 Å². The van der Waals surface area contributed by atoms with E-state index >= 15 is 0 Å². The van der Waals surface area contributed by atoms with E-state index in [4.69, 9.17) is 22.1 Å². The molecule has 136 valence electrons. The zero-order valence-corrected chi connectivity index (χ0v) is 15.9. The molecule has 1 atom stereocenters. The summed E-state index contributed by atoms with van der Waals surface area (Å²) in [7, 11) is 0. The quantitative estimate of drug-likeness (QED) is 0.745. The fraction of sp³-hybridized carbons (Fsp3) is 0.286. The van der Waals surface area contributed by atoms with Gasteiger partial charge in [-0.25, -0.2) is 4.98 Å². The van der Waals surface area contributed by atoms with Crippen molar-refractivity contribution in [2.24, 2.45) is 5.73 Å². The van der Waals surface area contributed by atoms with Crippen LogP contribution in [-0.4, -0.2) is 10.8 Å². The van der Waals surface area contributed by atoms with Crippen LogP contribution in [0.4, 0.5) is 0 Å². The Kier molecular flexibility index (Phi) is 4.16. The van der Waals surface area contributed by atoms with E-state index in [9.17, 15) is 10.1 Å². The molecule has 0 amide bonds. The Balaban J connectivity index is 2.00. The van der Waals surface area contributed by atoms with E-state index in [1.165, 1.54) is 0 Å². The van der Waals surface area contributed by atoms with E-state index in [2.05, 4.69) is 11.1 Å². The highest BCUT2D eigenvalue weighted by atomic mass is 35.5. The van der Waals surface area contributed by atoms with Crippen LogP contribution in [0.2, 0.25) is 5.15 Å². The number of carbonyl (C=O) groups is 1. The number of nitriles is 1. The Hall–Kier alpha value is -2.84. The molecule has 2 aromatic rings. The summed E-state index contributed by atoms with van der Waals surface area (Å²) in [6.07, 6.45) is 1.75. The molecular weight excluding hydrogens is 362 g/mol. The van der Waals surface area contributed by atoms with E-state index in [1.54, 1.807) is 0 Å². The highest BCUT2D eigenvalue weighted by Crippen LogP contribution is 2.45. The van der Waals surface area contributed by atoms with Crippen molar-refractivity contribution in [3.63, 3.8) is 0 Å². The highest BCUT2D eigenvalue weighted by Gasteiger charge is 2.39. The summed E-state index contributed by atoms with van der Waals surface area (Å²) in [5.74, 6) is -0.0910. The van der Waals surface area contributed by atoms with Gasteiger partial charge in [0, 0.05) is 29.4 Å². The van der Waals surface area contributed by atoms with E-state index in [0.29, 0.717) is 36.2 Å². The third-order valence-corrected chi connectivity index (χ3v) is 5.45. The van der Waals surface area contributed by atoms with Gasteiger partial charge < -0.3 is 10.5 Å². The fourth-order valence-corrected chi connectivity index (χ4v) is 4.26. The molecule has 2 heterocycles. The SMILES string of the molecule is Cc1cc(C)c2nc(Cl)c(C3C(C#N)=C(N)OC4=C3C(=O)CCC4)cc2c1. The largest absolute Gasteiger partial charge is 0.444 e. The molecule has 0 fully saturated rings. The maximum atomic E-state index is 12.7. The molecule has 1 aliphatic heterocycles. The normalized spacial score (nSPS) is 19.8. The van der Waals surface area contributed by atoms with Gasteiger partial charge in [-0.3, -0.25) is 4.79 Å². The van der Waals surface area contributed by atoms with E-state index in [1.807, 2.05) is 32.0 Å². The van der Waals surface area contributed by atoms with E-state index < -0.39 is 5.92 Å². The number of aromatic nitrogens is 1. The number of ether oxygens (including phenoxy) is 1. The van der Waals surface area contributed by atoms with Crippen LogP contribution < -0.4 is 5.73 Å². The van der Waals surface area contributed by atoms with Crippen LogP contribution in [0.15, 0.2) is 41.0 Å². The lowest BCUT2D eigenvalue weighted by atomic mass is 9.78. The third-order valence-electron chi connectivity index (χ3n) is 5.15. The smallest absolute Gasteiger partial charge is 0.205 e. The molecule has 5 nitrogen and oxygen atoms in total. The summed E-state index contributed by atoms with van der Waals surface area (Å²) in [4.78, 5) is 17.3. The van der Waals surface area contributed by atoms with Crippen molar-refractivity contribution < 1.29 is 9.53 Å². The zero-order valence-electron chi connectivity index (χ0n) is 15.1. The van der Waals surface area contributed by atoms with Crippen LogP contribution in [0.3, 0.4) is 0 Å². The van der Waals surface area contributed by atoms with Gasteiger partial charge in [-0.15, -0.1) is 0 Å². The number of hydrogen-bond acceptors (Lipinski definition) is 5. The fourth-order valence-electron chi connectivity index (χ4n) is 4.02. The number of halogens is 1. The number of aryl methyl sites for hydroxylation is 2. The second-order valence-electron chi connectivity index (χ2n) is 7.06. The second-order valence-corrected chi connectivity index (χ2v) is 7.42. The molecule has 2 aliphatic rings. The lowest BCUT2D eigenvalue weighted by Crippen LogP contribution is -2.27.